The quantitative estimate of drug-likeness (QED) is 0.398. The van der Waals surface area contributed by atoms with Crippen molar-refractivity contribution < 1.29 is 18.8 Å². The molecule has 1 rings (SSSR count). The van der Waals surface area contributed by atoms with Crippen LogP contribution in [0.3, 0.4) is 0 Å². The molecule has 1 aromatic rings. The minimum Gasteiger partial charge on any atom is -0.395 e. The Kier molecular flexibility index (Phi) is 4.35. The van der Waals surface area contributed by atoms with Crippen LogP contribution in [0.1, 0.15) is 0 Å². The standard InChI is InChI=1S/C8H10N2O5S/c11-4-3-9-7-2-1-6(10(12)13)5-8(7)16(14)15/h1-2,5,9,11H,3-4H2,(H,14,15). The lowest BCUT2D eigenvalue weighted by Gasteiger charge is -2.07. The summed E-state index contributed by atoms with van der Waals surface area (Å²) in [5.41, 5.74) is 0.0347. The number of nitro groups is 1. The van der Waals surface area contributed by atoms with Gasteiger partial charge in [-0.3, -0.25) is 10.1 Å². The molecule has 88 valence electrons. The van der Waals surface area contributed by atoms with Crippen molar-refractivity contribution in [1.82, 2.24) is 0 Å². The predicted molar refractivity (Wildman–Crippen MR) is 57.7 cm³/mol. The number of nitro benzene ring substituents is 1. The molecule has 0 saturated heterocycles. The second-order valence-electron chi connectivity index (χ2n) is 2.84. The van der Waals surface area contributed by atoms with Crippen LogP contribution < -0.4 is 5.32 Å². The van der Waals surface area contributed by atoms with Gasteiger partial charge < -0.3 is 15.0 Å². The molecule has 0 heterocycles. The van der Waals surface area contributed by atoms with Gasteiger partial charge in [-0.15, -0.1) is 0 Å². The van der Waals surface area contributed by atoms with Crippen molar-refractivity contribution in [3.8, 4) is 0 Å². The smallest absolute Gasteiger partial charge is 0.270 e. The fraction of sp³-hybridized carbons (Fsp3) is 0.250. The molecule has 1 atom stereocenters. The molecule has 16 heavy (non-hydrogen) atoms. The summed E-state index contributed by atoms with van der Waals surface area (Å²) in [5, 5.41) is 21.7. The maximum atomic E-state index is 10.9. The van der Waals surface area contributed by atoms with E-state index in [1.54, 1.807) is 0 Å². The number of benzene rings is 1. The third-order valence-corrected chi connectivity index (χ3v) is 2.51. The molecule has 7 nitrogen and oxygen atoms in total. The molecule has 0 aliphatic rings. The number of non-ortho nitro benzene ring substituents is 1. The zero-order chi connectivity index (χ0) is 12.1. The molecular weight excluding hydrogens is 236 g/mol. The number of rotatable bonds is 5. The van der Waals surface area contributed by atoms with Crippen LogP contribution in [0.15, 0.2) is 23.1 Å². The van der Waals surface area contributed by atoms with E-state index in [9.17, 15) is 14.3 Å². The van der Waals surface area contributed by atoms with Crippen molar-refractivity contribution in [3.05, 3.63) is 28.3 Å². The largest absolute Gasteiger partial charge is 0.395 e. The first-order valence-corrected chi connectivity index (χ1v) is 5.41. The van der Waals surface area contributed by atoms with Crippen LogP contribution in [0, 0.1) is 10.1 Å². The highest BCUT2D eigenvalue weighted by molar-refractivity contribution is 7.79. The van der Waals surface area contributed by atoms with Gasteiger partial charge in [-0.2, -0.15) is 0 Å². The van der Waals surface area contributed by atoms with Crippen LogP contribution in [0.25, 0.3) is 0 Å². The van der Waals surface area contributed by atoms with Gasteiger partial charge in [0.05, 0.1) is 22.1 Å². The lowest BCUT2D eigenvalue weighted by Crippen LogP contribution is -2.08. The van der Waals surface area contributed by atoms with Crippen LogP contribution in [0.4, 0.5) is 11.4 Å². The number of aliphatic hydroxyl groups is 1. The van der Waals surface area contributed by atoms with E-state index in [0.29, 0.717) is 5.69 Å². The Morgan fingerprint density at radius 2 is 2.19 bits per heavy atom. The molecule has 1 aromatic carbocycles. The molecule has 0 amide bonds. The second kappa shape index (κ2) is 5.54. The maximum absolute atomic E-state index is 10.9. The van der Waals surface area contributed by atoms with Crippen molar-refractivity contribution in [1.29, 1.82) is 0 Å². The average molecular weight is 246 g/mol. The molecule has 0 saturated carbocycles. The molecule has 0 aromatic heterocycles. The van der Waals surface area contributed by atoms with Gasteiger partial charge in [0.15, 0.2) is 11.1 Å². The summed E-state index contributed by atoms with van der Waals surface area (Å²) >= 11 is -2.32. The highest BCUT2D eigenvalue weighted by Gasteiger charge is 2.14. The van der Waals surface area contributed by atoms with Crippen molar-refractivity contribution >= 4 is 22.5 Å². The third-order valence-electron chi connectivity index (χ3n) is 1.79. The zero-order valence-corrected chi connectivity index (χ0v) is 8.94. The summed E-state index contributed by atoms with van der Waals surface area (Å²) in [7, 11) is 0. The number of aliphatic hydroxyl groups excluding tert-OH is 1. The first-order valence-electron chi connectivity index (χ1n) is 4.30. The molecule has 0 spiro atoms. The van der Waals surface area contributed by atoms with Gasteiger partial charge in [0.2, 0.25) is 0 Å². The predicted octanol–water partition coefficient (Wildman–Crippen LogP) is 0.580. The van der Waals surface area contributed by atoms with E-state index in [1.807, 2.05) is 0 Å². The topological polar surface area (TPSA) is 113 Å². The first-order chi connectivity index (χ1) is 7.56. The first kappa shape index (κ1) is 12.6. The molecule has 0 fully saturated rings. The molecule has 0 aliphatic carbocycles. The number of anilines is 1. The Balaban J connectivity index is 3.09. The zero-order valence-electron chi connectivity index (χ0n) is 8.12. The van der Waals surface area contributed by atoms with Gasteiger partial charge in [-0.1, -0.05) is 0 Å². The minimum absolute atomic E-state index is 0.0809. The van der Waals surface area contributed by atoms with Crippen molar-refractivity contribution in [2.24, 2.45) is 0 Å². The van der Waals surface area contributed by atoms with E-state index in [2.05, 4.69) is 5.32 Å². The van der Waals surface area contributed by atoms with Gasteiger partial charge >= 0.3 is 0 Å². The Hall–Kier alpha value is -1.51. The van der Waals surface area contributed by atoms with Gasteiger partial charge in [-0.25, -0.2) is 4.21 Å². The molecule has 1 unspecified atom stereocenters. The van der Waals surface area contributed by atoms with Crippen LogP contribution >= 0.6 is 0 Å². The van der Waals surface area contributed by atoms with E-state index >= 15 is 0 Å². The summed E-state index contributed by atoms with van der Waals surface area (Å²) in [4.78, 5) is 9.74. The molecule has 0 radical (unpaired) electrons. The fourth-order valence-corrected chi connectivity index (χ4v) is 1.66. The maximum Gasteiger partial charge on any atom is 0.270 e. The van der Waals surface area contributed by atoms with Crippen LogP contribution in [-0.4, -0.2) is 31.9 Å². The van der Waals surface area contributed by atoms with Crippen LogP contribution in [0.2, 0.25) is 0 Å². The van der Waals surface area contributed by atoms with Crippen molar-refractivity contribution in [2.45, 2.75) is 4.90 Å². The second-order valence-corrected chi connectivity index (χ2v) is 3.78. The summed E-state index contributed by atoms with van der Waals surface area (Å²) in [6.45, 7) is 0.0521. The van der Waals surface area contributed by atoms with Crippen LogP contribution in [-0.2, 0) is 11.1 Å². The highest BCUT2D eigenvalue weighted by Crippen LogP contribution is 2.24. The Morgan fingerprint density at radius 3 is 2.69 bits per heavy atom. The Bertz CT molecular complexity index is 423. The van der Waals surface area contributed by atoms with E-state index in [4.69, 9.17) is 9.66 Å². The molecule has 0 bridgehead atoms. The molecule has 0 aliphatic heterocycles. The van der Waals surface area contributed by atoms with Gasteiger partial charge in [0, 0.05) is 18.7 Å². The number of nitrogens with zero attached hydrogens (tertiary/aromatic N) is 1. The van der Waals surface area contributed by atoms with E-state index in [-0.39, 0.29) is 23.7 Å². The summed E-state index contributed by atoms with van der Waals surface area (Å²) in [6.07, 6.45) is 0. The summed E-state index contributed by atoms with van der Waals surface area (Å²) in [5.74, 6) is 0. The van der Waals surface area contributed by atoms with E-state index in [0.717, 1.165) is 6.07 Å². The highest BCUT2D eigenvalue weighted by atomic mass is 32.2. The number of nitrogens with one attached hydrogen (secondary N) is 1. The lowest BCUT2D eigenvalue weighted by molar-refractivity contribution is -0.385. The fourth-order valence-electron chi connectivity index (χ4n) is 1.11. The van der Waals surface area contributed by atoms with Gasteiger partial charge in [0.1, 0.15) is 0 Å². The van der Waals surface area contributed by atoms with Crippen molar-refractivity contribution in [3.63, 3.8) is 0 Å². The SMILES string of the molecule is O=[N+]([O-])c1ccc(NCCO)c(S(=O)O)c1. The van der Waals surface area contributed by atoms with E-state index < -0.39 is 16.0 Å². The molecule has 8 heteroatoms. The van der Waals surface area contributed by atoms with Gasteiger partial charge in [-0.05, 0) is 6.07 Å². The third kappa shape index (κ3) is 2.99. The molecule has 3 N–H and O–H groups in total. The lowest BCUT2D eigenvalue weighted by atomic mass is 10.3. The number of hydrogen-bond acceptors (Lipinski definition) is 5. The Morgan fingerprint density at radius 1 is 1.50 bits per heavy atom. The Labute approximate surface area is 93.5 Å². The summed E-state index contributed by atoms with van der Waals surface area (Å²) < 4.78 is 19.9. The summed E-state index contributed by atoms with van der Waals surface area (Å²) in [6, 6.07) is 3.57. The number of hydrogen-bond donors (Lipinski definition) is 3. The van der Waals surface area contributed by atoms with Crippen molar-refractivity contribution in [2.75, 3.05) is 18.5 Å². The monoisotopic (exact) mass is 246 g/mol. The van der Waals surface area contributed by atoms with E-state index in [1.165, 1.54) is 12.1 Å². The van der Waals surface area contributed by atoms with Gasteiger partial charge in [0.25, 0.3) is 5.69 Å². The van der Waals surface area contributed by atoms with Crippen LogP contribution in [0.5, 0.6) is 0 Å². The average Bonchev–Trinajstić information content (AvgIpc) is 2.25. The minimum atomic E-state index is -2.32. The normalized spacial score (nSPS) is 12.1. The molecular formula is C8H10N2O5S.